The van der Waals surface area contributed by atoms with E-state index >= 15 is 0 Å². The molecule has 9 heteroatoms. The van der Waals surface area contributed by atoms with Crippen LogP contribution in [0.15, 0.2) is 59.8 Å². The summed E-state index contributed by atoms with van der Waals surface area (Å²) in [6.45, 7) is 1.38. The Labute approximate surface area is 176 Å². The van der Waals surface area contributed by atoms with Gasteiger partial charge < -0.3 is 20.1 Å². The lowest BCUT2D eigenvalue weighted by Gasteiger charge is -2.29. The summed E-state index contributed by atoms with van der Waals surface area (Å²) in [4.78, 5) is 37.1. The molecule has 3 rings (SSSR count). The van der Waals surface area contributed by atoms with Crippen LogP contribution >= 0.6 is 11.6 Å². The largest absolute Gasteiger partial charge is 0.463 e. The Hall–Kier alpha value is -3.39. The number of nitrogens with one attached hydrogen (secondary N) is 2. The fraction of sp³-hybridized carbons (Fsp3) is 0.190. The van der Waals surface area contributed by atoms with Crippen LogP contribution < -0.4 is 10.6 Å². The molecule has 156 valence electrons. The Kier molecular flexibility index (Phi) is 6.68. The molecule has 0 fully saturated rings. The normalized spacial score (nSPS) is 15.8. The minimum atomic E-state index is -0.824. The molecule has 1 aliphatic rings. The number of rotatable bonds is 6. The third-order valence-electron chi connectivity index (χ3n) is 4.28. The highest BCUT2D eigenvalue weighted by Gasteiger charge is 2.34. The minimum absolute atomic E-state index is 0.0904. The van der Waals surface area contributed by atoms with Crippen molar-refractivity contribution >= 4 is 29.6 Å². The molecule has 2 aromatic carbocycles. The number of ether oxygens (including phenoxy) is 2. The quantitative estimate of drug-likeness (QED) is 0.681. The first-order valence-corrected chi connectivity index (χ1v) is 9.42. The van der Waals surface area contributed by atoms with Gasteiger partial charge in [0.2, 0.25) is 0 Å². The number of carbonyl (C=O) groups is 3. The molecule has 0 bridgehead atoms. The van der Waals surface area contributed by atoms with Gasteiger partial charge in [-0.25, -0.2) is 18.8 Å². The van der Waals surface area contributed by atoms with Gasteiger partial charge in [-0.3, -0.25) is 0 Å². The summed E-state index contributed by atoms with van der Waals surface area (Å²) in [6, 6.07) is 9.99. The molecule has 0 saturated carbocycles. The Morgan fingerprint density at radius 3 is 2.33 bits per heavy atom. The van der Waals surface area contributed by atoms with Crippen LogP contribution in [0.1, 0.15) is 28.9 Å². The molecule has 1 heterocycles. The molecule has 0 aliphatic carbocycles. The second kappa shape index (κ2) is 9.41. The highest BCUT2D eigenvalue weighted by atomic mass is 35.5. The van der Waals surface area contributed by atoms with Gasteiger partial charge in [-0.05, 0) is 48.9 Å². The number of hydrogen-bond acceptors (Lipinski definition) is 5. The summed E-state index contributed by atoms with van der Waals surface area (Å²) >= 11 is 5.92. The number of benzene rings is 2. The lowest BCUT2D eigenvalue weighted by atomic mass is 9.95. The first-order valence-electron chi connectivity index (χ1n) is 9.05. The van der Waals surface area contributed by atoms with Gasteiger partial charge in [-0.15, -0.1) is 0 Å². The van der Waals surface area contributed by atoms with Gasteiger partial charge >= 0.3 is 18.0 Å². The third-order valence-corrected chi connectivity index (χ3v) is 4.53. The standard InChI is InChI=1S/C21H18ClFN2O5/c1-2-29-20(27)17-16(11-30-19(26)13-5-9-15(23)10-6-13)24-21(28)25-18(17)12-3-7-14(22)8-4-12/h3-10,18H,2,11H2,1H3,(H2,24,25,28)/t18-/m1/s1. The van der Waals surface area contributed by atoms with E-state index in [0.717, 1.165) is 12.1 Å². The van der Waals surface area contributed by atoms with Crippen molar-refractivity contribution in [2.45, 2.75) is 13.0 Å². The van der Waals surface area contributed by atoms with E-state index in [1.807, 2.05) is 0 Å². The van der Waals surface area contributed by atoms with Crippen LogP contribution in [0, 0.1) is 5.82 Å². The SMILES string of the molecule is CCOC(=O)C1=C(COC(=O)c2ccc(F)cc2)NC(=O)N[C@@H]1c1ccc(Cl)cc1. The van der Waals surface area contributed by atoms with Gasteiger partial charge in [0.05, 0.1) is 29.5 Å². The van der Waals surface area contributed by atoms with E-state index < -0.39 is 29.8 Å². The van der Waals surface area contributed by atoms with Crippen molar-refractivity contribution < 1.29 is 28.2 Å². The van der Waals surface area contributed by atoms with Crippen LogP contribution in [0.3, 0.4) is 0 Å². The minimum Gasteiger partial charge on any atom is -0.463 e. The fourth-order valence-electron chi connectivity index (χ4n) is 2.89. The van der Waals surface area contributed by atoms with Gasteiger partial charge in [0.25, 0.3) is 0 Å². The summed E-state index contributed by atoms with van der Waals surface area (Å²) < 4.78 is 23.4. The molecule has 0 unspecified atom stereocenters. The number of urea groups is 1. The van der Waals surface area contributed by atoms with Crippen molar-refractivity contribution in [3.8, 4) is 0 Å². The average Bonchev–Trinajstić information content (AvgIpc) is 2.72. The summed E-state index contributed by atoms with van der Waals surface area (Å²) in [6.07, 6.45) is 0. The van der Waals surface area contributed by atoms with Crippen molar-refractivity contribution in [1.29, 1.82) is 0 Å². The molecule has 2 amide bonds. The van der Waals surface area contributed by atoms with Crippen molar-refractivity contribution in [2.24, 2.45) is 0 Å². The maximum Gasteiger partial charge on any atom is 0.338 e. The van der Waals surface area contributed by atoms with Gasteiger partial charge in [0.15, 0.2) is 0 Å². The zero-order valence-electron chi connectivity index (χ0n) is 15.9. The first kappa shape index (κ1) is 21.3. The summed E-state index contributed by atoms with van der Waals surface area (Å²) in [5.41, 5.74) is 0.919. The number of halogens is 2. The van der Waals surface area contributed by atoms with E-state index in [1.54, 1.807) is 31.2 Å². The van der Waals surface area contributed by atoms with E-state index in [1.165, 1.54) is 12.1 Å². The summed E-state index contributed by atoms with van der Waals surface area (Å²) in [5, 5.41) is 5.66. The zero-order valence-corrected chi connectivity index (χ0v) is 16.7. The molecule has 1 aliphatic heterocycles. The monoisotopic (exact) mass is 432 g/mol. The van der Waals surface area contributed by atoms with E-state index in [-0.39, 0.29) is 30.0 Å². The summed E-state index contributed by atoms with van der Waals surface area (Å²) in [5.74, 6) is -1.89. The second-order valence-electron chi connectivity index (χ2n) is 6.28. The molecule has 0 spiro atoms. The van der Waals surface area contributed by atoms with Crippen molar-refractivity contribution in [3.63, 3.8) is 0 Å². The van der Waals surface area contributed by atoms with E-state index in [4.69, 9.17) is 21.1 Å². The maximum absolute atomic E-state index is 13.0. The fourth-order valence-corrected chi connectivity index (χ4v) is 3.02. The van der Waals surface area contributed by atoms with Gasteiger partial charge in [0, 0.05) is 5.02 Å². The lowest BCUT2D eigenvalue weighted by Crippen LogP contribution is -2.47. The third kappa shape index (κ3) is 4.96. The van der Waals surface area contributed by atoms with Crippen LogP contribution in [0.2, 0.25) is 5.02 Å². The van der Waals surface area contributed by atoms with Crippen LogP contribution in [0.25, 0.3) is 0 Å². The molecular weight excluding hydrogens is 415 g/mol. The number of hydrogen-bond donors (Lipinski definition) is 2. The molecule has 30 heavy (non-hydrogen) atoms. The van der Waals surface area contributed by atoms with Crippen molar-refractivity contribution in [3.05, 3.63) is 81.8 Å². The average molecular weight is 433 g/mol. The maximum atomic E-state index is 13.0. The van der Waals surface area contributed by atoms with Gasteiger partial charge in [-0.2, -0.15) is 0 Å². The predicted octanol–water partition coefficient (Wildman–Crippen LogP) is 3.51. The predicted molar refractivity (Wildman–Crippen MR) is 106 cm³/mol. The Morgan fingerprint density at radius 2 is 1.70 bits per heavy atom. The van der Waals surface area contributed by atoms with Gasteiger partial charge in [-0.1, -0.05) is 23.7 Å². The molecule has 0 saturated heterocycles. The lowest BCUT2D eigenvalue weighted by molar-refractivity contribution is -0.139. The van der Waals surface area contributed by atoms with Crippen molar-refractivity contribution in [1.82, 2.24) is 10.6 Å². The smallest absolute Gasteiger partial charge is 0.338 e. The topological polar surface area (TPSA) is 93.7 Å². The van der Waals surface area contributed by atoms with E-state index in [2.05, 4.69) is 10.6 Å². The second-order valence-corrected chi connectivity index (χ2v) is 6.72. The molecule has 2 N–H and O–H groups in total. The van der Waals surface area contributed by atoms with Crippen LogP contribution in [-0.4, -0.2) is 31.2 Å². The molecule has 2 aromatic rings. The number of esters is 2. The Bertz CT molecular complexity index is 989. The van der Waals surface area contributed by atoms with Crippen LogP contribution in [0.4, 0.5) is 9.18 Å². The number of amides is 2. The molecular formula is C21H18ClFN2O5. The van der Waals surface area contributed by atoms with Crippen molar-refractivity contribution in [2.75, 3.05) is 13.2 Å². The van der Waals surface area contributed by atoms with Crippen LogP contribution in [0.5, 0.6) is 0 Å². The van der Waals surface area contributed by atoms with E-state index in [0.29, 0.717) is 10.6 Å². The highest BCUT2D eigenvalue weighted by molar-refractivity contribution is 6.30. The zero-order chi connectivity index (χ0) is 21.7. The van der Waals surface area contributed by atoms with E-state index in [9.17, 15) is 18.8 Å². The first-order chi connectivity index (χ1) is 14.4. The molecule has 0 radical (unpaired) electrons. The Morgan fingerprint density at radius 1 is 1.03 bits per heavy atom. The molecule has 0 aromatic heterocycles. The Balaban J connectivity index is 1.91. The molecule has 1 atom stereocenters. The number of carbonyl (C=O) groups excluding carboxylic acids is 3. The highest BCUT2D eigenvalue weighted by Crippen LogP contribution is 2.29. The summed E-state index contributed by atoms with van der Waals surface area (Å²) in [7, 11) is 0. The van der Waals surface area contributed by atoms with Gasteiger partial charge in [0.1, 0.15) is 12.4 Å². The molecule has 7 nitrogen and oxygen atoms in total. The van der Waals surface area contributed by atoms with Crippen LogP contribution in [-0.2, 0) is 14.3 Å².